The van der Waals surface area contributed by atoms with E-state index in [1.165, 1.54) is 0 Å². The van der Waals surface area contributed by atoms with Crippen LogP contribution in [0.25, 0.3) is 0 Å². The molecule has 0 aromatic heterocycles. The summed E-state index contributed by atoms with van der Waals surface area (Å²) < 4.78 is 5.76. The number of hydrogen-bond acceptors (Lipinski definition) is 3. The first-order chi connectivity index (χ1) is 11.9. The Balaban J connectivity index is 2.36. The molecule has 0 bridgehead atoms. The van der Waals surface area contributed by atoms with Crippen molar-refractivity contribution in [1.29, 1.82) is 0 Å². The number of nitrogens with one attached hydrogen (secondary N) is 1. The Bertz CT molecular complexity index is 811. The van der Waals surface area contributed by atoms with Crippen molar-refractivity contribution in [3.63, 3.8) is 0 Å². The van der Waals surface area contributed by atoms with Crippen LogP contribution in [0, 0.1) is 6.92 Å². The highest BCUT2D eigenvalue weighted by Crippen LogP contribution is 2.22. The summed E-state index contributed by atoms with van der Waals surface area (Å²) in [5.74, 6) is 0.449. The van der Waals surface area contributed by atoms with Crippen molar-refractivity contribution >= 4 is 17.5 Å². The molecule has 0 saturated carbocycles. The standard InChI is InChI=1S/C20H21ClN2O2/c1-13-5-4-6-17(11-13)25-19(22)18(14(2)20(24)23-3)12-15-7-9-16(21)10-8-15/h4-11H,2,12,22H2,1,3H3,(H,23,24)/b19-18+. The van der Waals surface area contributed by atoms with E-state index in [-0.39, 0.29) is 17.4 Å². The van der Waals surface area contributed by atoms with Gasteiger partial charge in [-0.05, 0) is 42.3 Å². The summed E-state index contributed by atoms with van der Waals surface area (Å²) >= 11 is 5.93. The van der Waals surface area contributed by atoms with Gasteiger partial charge in [-0.2, -0.15) is 0 Å². The molecule has 4 nitrogen and oxygen atoms in total. The Morgan fingerprint density at radius 2 is 1.92 bits per heavy atom. The van der Waals surface area contributed by atoms with Crippen LogP contribution in [0.5, 0.6) is 5.75 Å². The molecule has 25 heavy (non-hydrogen) atoms. The SMILES string of the molecule is C=C(C(=O)NC)/C(Cc1ccc(Cl)cc1)=C(\N)Oc1cccc(C)c1. The normalized spacial score (nSPS) is 11.5. The van der Waals surface area contributed by atoms with E-state index < -0.39 is 0 Å². The maximum atomic E-state index is 12.0. The largest absolute Gasteiger partial charge is 0.441 e. The Kier molecular flexibility index (Phi) is 6.25. The van der Waals surface area contributed by atoms with Gasteiger partial charge in [-0.25, -0.2) is 0 Å². The quantitative estimate of drug-likeness (QED) is 0.470. The van der Waals surface area contributed by atoms with E-state index in [4.69, 9.17) is 22.1 Å². The van der Waals surface area contributed by atoms with E-state index >= 15 is 0 Å². The van der Waals surface area contributed by atoms with Gasteiger partial charge in [0.2, 0.25) is 0 Å². The third-order valence-corrected chi connectivity index (χ3v) is 3.93. The molecule has 0 atom stereocenters. The lowest BCUT2D eigenvalue weighted by Gasteiger charge is -2.15. The average molecular weight is 357 g/mol. The fourth-order valence-corrected chi connectivity index (χ4v) is 2.43. The van der Waals surface area contributed by atoms with Gasteiger partial charge in [0.15, 0.2) is 5.88 Å². The summed E-state index contributed by atoms with van der Waals surface area (Å²) in [6.45, 7) is 5.83. The van der Waals surface area contributed by atoms with Crippen molar-refractivity contribution < 1.29 is 9.53 Å². The maximum Gasteiger partial charge on any atom is 0.250 e. The number of hydrogen-bond donors (Lipinski definition) is 2. The number of carbonyl (C=O) groups excluding carboxylic acids is 1. The van der Waals surface area contributed by atoms with Gasteiger partial charge in [0.25, 0.3) is 5.91 Å². The monoisotopic (exact) mass is 356 g/mol. The predicted molar refractivity (Wildman–Crippen MR) is 101 cm³/mol. The predicted octanol–water partition coefficient (Wildman–Crippen LogP) is 3.74. The minimum Gasteiger partial charge on any atom is -0.441 e. The van der Waals surface area contributed by atoms with Gasteiger partial charge in [-0.15, -0.1) is 0 Å². The highest BCUT2D eigenvalue weighted by atomic mass is 35.5. The average Bonchev–Trinajstić information content (AvgIpc) is 2.59. The molecular formula is C20H21ClN2O2. The van der Waals surface area contributed by atoms with Crippen LogP contribution >= 0.6 is 11.6 Å². The van der Waals surface area contributed by atoms with Crippen molar-refractivity contribution in [2.45, 2.75) is 13.3 Å². The number of amides is 1. The third kappa shape index (κ3) is 5.13. The summed E-state index contributed by atoms with van der Waals surface area (Å²) in [5, 5.41) is 3.21. The van der Waals surface area contributed by atoms with E-state index in [1.54, 1.807) is 19.2 Å². The molecule has 1 amide bonds. The molecule has 0 spiro atoms. The van der Waals surface area contributed by atoms with Gasteiger partial charge in [-0.1, -0.05) is 42.4 Å². The lowest BCUT2D eigenvalue weighted by Crippen LogP contribution is -2.24. The molecule has 130 valence electrons. The molecule has 0 aliphatic carbocycles. The number of carbonyl (C=O) groups is 1. The molecule has 5 heteroatoms. The van der Waals surface area contributed by atoms with Crippen LogP contribution < -0.4 is 15.8 Å². The molecule has 2 aromatic carbocycles. The number of rotatable bonds is 6. The summed E-state index contributed by atoms with van der Waals surface area (Å²) in [4.78, 5) is 12.0. The molecule has 0 heterocycles. The molecule has 2 rings (SSSR count). The molecule has 0 unspecified atom stereocenters. The van der Waals surface area contributed by atoms with E-state index in [1.807, 2.05) is 43.3 Å². The highest BCUT2D eigenvalue weighted by molar-refractivity contribution is 6.30. The molecule has 0 saturated heterocycles. The zero-order valence-corrected chi connectivity index (χ0v) is 15.1. The fraction of sp³-hybridized carbons (Fsp3) is 0.150. The summed E-state index contributed by atoms with van der Waals surface area (Å²) in [6.07, 6.45) is 0.404. The van der Waals surface area contributed by atoms with Crippen LogP contribution in [0.15, 0.2) is 72.1 Å². The van der Waals surface area contributed by atoms with Crippen molar-refractivity contribution in [3.8, 4) is 5.75 Å². The van der Waals surface area contributed by atoms with Gasteiger partial charge >= 0.3 is 0 Å². The van der Waals surface area contributed by atoms with Crippen LogP contribution in [0.2, 0.25) is 5.02 Å². The van der Waals surface area contributed by atoms with Crippen molar-refractivity contribution in [3.05, 3.63) is 88.3 Å². The Labute approximate surface area is 152 Å². The number of nitrogens with two attached hydrogens (primary N) is 1. The van der Waals surface area contributed by atoms with E-state index in [0.29, 0.717) is 22.8 Å². The molecule has 0 aliphatic rings. The molecule has 0 fully saturated rings. The number of ether oxygens (including phenoxy) is 1. The van der Waals surface area contributed by atoms with Gasteiger partial charge in [0.1, 0.15) is 5.75 Å². The smallest absolute Gasteiger partial charge is 0.250 e. The minimum atomic E-state index is -0.306. The second-order valence-electron chi connectivity index (χ2n) is 5.62. The Morgan fingerprint density at radius 3 is 2.52 bits per heavy atom. The van der Waals surface area contributed by atoms with Crippen LogP contribution in [0.4, 0.5) is 0 Å². The first-order valence-corrected chi connectivity index (χ1v) is 8.17. The summed E-state index contributed by atoms with van der Waals surface area (Å²) in [7, 11) is 1.55. The van der Waals surface area contributed by atoms with Crippen LogP contribution in [0.1, 0.15) is 11.1 Å². The van der Waals surface area contributed by atoms with E-state index in [9.17, 15) is 4.79 Å². The van der Waals surface area contributed by atoms with Crippen molar-refractivity contribution in [1.82, 2.24) is 5.32 Å². The van der Waals surface area contributed by atoms with Gasteiger partial charge in [0, 0.05) is 29.6 Å². The van der Waals surface area contributed by atoms with Gasteiger partial charge in [0.05, 0.1) is 0 Å². The Morgan fingerprint density at radius 1 is 1.24 bits per heavy atom. The van der Waals surface area contributed by atoms with Crippen LogP contribution in [0.3, 0.4) is 0 Å². The van der Waals surface area contributed by atoms with Crippen molar-refractivity contribution in [2.24, 2.45) is 5.73 Å². The van der Waals surface area contributed by atoms with E-state index in [2.05, 4.69) is 11.9 Å². The molecular weight excluding hydrogens is 336 g/mol. The Hall–Kier alpha value is -2.72. The van der Waals surface area contributed by atoms with Gasteiger partial charge < -0.3 is 15.8 Å². The molecule has 0 radical (unpaired) electrons. The second kappa shape index (κ2) is 8.40. The number of aryl methyl sites for hydroxylation is 1. The zero-order chi connectivity index (χ0) is 18.4. The molecule has 2 aromatic rings. The number of benzene rings is 2. The van der Waals surface area contributed by atoms with E-state index in [0.717, 1.165) is 11.1 Å². The zero-order valence-electron chi connectivity index (χ0n) is 14.3. The first-order valence-electron chi connectivity index (χ1n) is 7.79. The van der Waals surface area contributed by atoms with Crippen molar-refractivity contribution in [2.75, 3.05) is 7.05 Å². The lowest BCUT2D eigenvalue weighted by atomic mass is 9.99. The minimum absolute atomic E-state index is 0.147. The topological polar surface area (TPSA) is 64.4 Å². The first kappa shape index (κ1) is 18.6. The van der Waals surface area contributed by atoms with Crippen LogP contribution in [-0.4, -0.2) is 13.0 Å². The van der Waals surface area contributed by atoms with Gasteiger partial charge in [-0.3, -0.25) is 4.79 Å². The number of likely N-dealkylation sites (N-methyl/N-ethyl adjacent to an activating group) is 1. The highest BCUT2D eigenvalue weighted by Gasteiger charge is 2.17. The number of halogens is 1. The maximum absolute atomic E-state index is 12.0. The third-order valence-electron chi connectivity index (χ3n) is 3.67. The lowest BCUT2D eigenvalue weighted by molar-refractivity contribution is -0.116. The second-order valence-corrected chi connectivity index (χ2v) is 6.06. The molecule has 3 N–H and O–H groups in total. The summed E-state index contributed by atoms with van der Waals surface area (Å²) in [5.41, 5.74) is 8.95. The molecule has 0 aliphatic heterocycles. The summed E-state index contributed by atoms with van der Waals surface area (Å²) in [6, 6.07) is 14.8. The fourth-order valence-electron chi connectivity index (χ4n) is 2.30. The van der Waals surface area contributed by atoms with Crippen LogP contribution in [-0.2, 0) is 11.2 Å².